The zero-order chi connectivity index (χ0) is 22.5. The second-order valence-corrected chi connectivity index (χ2v) is 9.76. The first kappa shape index (κ1) is 20.6. The molecule has 2 aromatic carbocycles. The van der Waals surface area contributed by atoms with Crippen LogP contribution in [-0.2, 0) is 10.3 Å². The van der Waals surface area contributed by atoms with E-state index in [4.69, 9.17) is 4.98 Å². The van der Waals surface area contributed by atoms with E-state index >= 15 is 0 Å². The number of carbonyl (C=O) groups is 3. The second kappa shape index (κ2) is 7.70. The molecule has 0 unspecified atom stereocenters. The van der Waals surface area contributed by atoms with Gasteiger partial charge < -0.3 is 10.2 Å². The number of urea groups is 1. The van der Waals surface area contributed by atoms with E-state index in [1.54, 1.807) is 42.5 Å². The third kappa shape index (κ3) is 3.54. The average Bonchev–Trinajstić information content (AvgIpc) is 3.33. The molecule has 1 atom stereocenters. The maximum absolute atomic E-state index is 13.0. The van der Waals surface area contributed by atoms with Crippen molar-refractivity contribution in [1.82, 2.24) is 20.5 Å². The van der Waals surface area contributed by atoms with Gasteiger partial charge in [-0.05, 0) is 62.1 Å². The number of likely N-dealkylation sites (tertiary alicyclic amines) is 1. The number of imide groups is 1. The molecule has 0 saturated carbocycles. The van der Waals surface area contributed by atoms with Crippen LogP contribution in [0.4, 0.5) is 4.79 Å². The maximum Gasteiger partial charge on any atom is 0.322 e. The molecule has 8 heteroatoms. The van der Waals surface area contributed by atoms with Crippen LogP contribution in [0.1, 0.15) is 52.2 Å². The molecule has 164 valence electrons. The van der Waals surface area contributed by atoms with Gasteiger partial charge >= 0.3 is 6.03 Å². The zero-order valence-electron chi connectivity index (χ0n) is 18.0. The topological polar surface area (TPSA) is 91.4 Å². The number of benzene rings is 2. The molecule has 0 spiro atoms. The number of amides is 4. The summed E-state index contributed by atoms with van der Waals surface area (Å²) in [5, 5.41) is 6.06. The van der Waals surface area contributed by atoms with Crippen LogP contribution in [-0.4, -0.2) is 40.8 Å². The van der Waals surface area contributed by atoms with Crippen molar-refractivity contribution in [2.24, 2.45) is 0 Å². The van der Waals surface area contributed by atoms with E-state index < -0.39 is 17.5 Å². The number of hydrogen-bond acceptors (Lipinski definition) is 5. The van der Waals surface area contributed by atoms with Crippen LogP contribution in [0.15, 0.2) is 42.5 Å². The third-order valence-corrected chi connectivity index (χ3v) is 7.63. The summed E-state index contributed by atoms with van der Waals surface area (Å²) in [6.45, 7) is 5.12. The molecule has 0 radical (unpaired) electrons. The summed E-state index contributed by atoms with van der Waals surface area (Å²) in [6.07, 6.45) is 1.79. The molecular weight excluding hydrogens is 424 g/mol. The minimum atomic E-state index is -1.12. The third-order valence-electron chi connectivity index (χ3n) is 6.45. The van der Waals surface area contributed by atoms with Gasteiger partial charge in [0.2, 0.25) is 0 Å². The molecule has 3 aromatic rings. The zero-order valence-corrected chi connectivity index (χ0v) is 18.8. The van der Waals surface area contributed by atoms with E-state index in [0.29, 0.717) is 30.1 Å². The number of thiazole rings is 1. The first-order valence-corrected chi connectivity index (χ1v) is 11.6. The predicted molar refractivity (Wildman–Crippen MR) is 123 cm³/mol. The number of aryl methyl sites for hydroxylation is 1. The summed E-state index contributed by atoms with van der Waals surface area (Å²) < 4.78 is 1.22. The minimum absolute atomic E-state index is 0.0139. The van der Waals surface area contributed by atoms with E-state index in [1.165, 1.54) is 10.3 Å². The molecule has 0 bridgehead atoms. The first-order valence-electron chi connectivity index (χ1n) is 10.7. The SMILES string of the molecule is Cc1ccc2nc(C3CCN(C(=O)c4ccc([C@@]5(C)NC(=O)NC5=O)cc4)CC3)sc2c1. The fourth-order valence-corrected chi connectivity index (χ4v) is 5.66. The quantitative estimate of drug-likeness (QED) is 0.598. The van der Waals surface area contributed by atoms with Crippen LogP contribution >= 0.6 is 11.3 Å². The fraction of sp³-hybridized carbons (Fsp3) is 0.333. The predicted octanol–water partition coefficient (Wildman–Crippen LogP) is 3.68. The van der Waals surface area contributed by atoms with Crippen molar-refractivity contribution >= 4 is 39.4 Å². The van der Waals surface area contributed by atoms with Gasteiger partial charge in [-0.2, -0.15) is 0 Å². The van der Waals surface area contributed by atoms with E-state index in [9.17, 15) is 14.4 Å². The molecule has 4 amide bonds. The lowest BCUT2D eigenvalue weighted by molar-refractivity contribution is -0.123. The monoisotopic (exact) mass is 448 g/mol. The smallest absolute Gasteiger partial charge is 0.322 e. The average molecular weight is 449 g/mol. The van der Waals surface area contributed by atoms with Gasteiger partial charge in [0.05, 0.1) is 15.2 Å². The van der Waals surface area contributed by atoms with Crippen molar-refractivity contribution in [3.05, 3.63) is 64.2 Å². The van der Waals surface area contributed by atoms with Crippen molar-refractivity contribution in [2.45, 2.75) is 38.1 Å². The normalized spacial score (nSPS) is 21.6. The minimum Gasteiger partial charge on any atom is -0.339 e. The van der Waals surface area contributed by atoms with Crippen molar-refractivity contribution in [3.8, 4) is 0 Å². The highest BCUT2D eigenvalue weighted by Crippen LogP contribution is 2.34. The van der Waals surface area contributed by atoms with Gasteiger partial charge in [0.25, 0.3) is 11.8 Å². The van der Waals surface area contributed by atoms with Gasteiger partial charge in [0, 0.05) is 24.6 Å². The number of fused-ring (bicyclic) bond motifs is 1. The molecule has 7 nitrogen and oxygen atoms in total. The second-order valence-electron chi connectivity index (χ2n) is 8.70. The summed E-state index contributed by atoms with van der Waals surface area (Å²) in [4.78, 5) is 43.4. The Hall–Kier alpha value is -3.26. The van der Waals surface area contributed by atoms with Crippen LogP contribution in [0.3, 0.4) is 0 Å². The Morgan fingerprint density at radius 2 is 1.84 bits per heavy atom. The molecule has 3 heterocycles. The van der Waals surface area contributed by atoms with Gasteiger partial charge in [-0.3, -0.25) is 14.9 Å². The number of aromatic nitrogens is 1. The summed E-state index contributed by atoms with van der Waals surface area (Å²) in [7, 11) is 0. The number of carbonyl (C=O) groups excluding carboxylic acids is 3. The van der Waals surface area contributed by atoms with Gasteiger partial charge in [-0.25, -0.2) is 9.78 Å². The molecule has 2 fully saturated rings. The number of nitrogens with zero attached hydrogens (tertiary/aromatic N) is 2. The van der Waals surface area contributed by atoms with E-state index in [2.05, 4.69) is 35.8 Å². The van der Waals surface area contributed by atoms with E-state index in [1.807, 2.05) is 4.90 Å². The van der Waals surface area contributed by atoms with E-state index in [0.717, 1.165) is 23.4 Å². The van der Waals surface area contributed by atoms with Crippen molar-refractivity contribution < 1.29 is 14.4 Å². The molecule has 2 aliphatic heterocycles. The number of rotatable bonds is 3. The van der Waals surface area contributed by atoms with Crippen LogP contribution in [0.5, 0.6) is 0 Å². The lowest BCUT2D eigenvalue weighted by Crippen LogP contribution is -2.40. The Morgan fingerprint density at radius 3 is 2.50 bits per heavy atom. The lowest BCUT2D eigenvalue weighted by atomic mass is 9.91. The Kier molecular flexibility index (Phi) is 4.97. The van der Waals surface area contributed by atoms with Crippen molar-refractivity contribution in [3.63, 3.8) is 0 Å². The summed E-state index contributed by atoms with van der Waals surface area (Å²) >= 11 is 1.76. The van der Waals surface area contributed by atoms with Gasteiger partial charge in [-0.1, -0.05) is 18.2 Å². The van der Waals surface area contributed by atoms with Gasteiger partial charge in [0.15, 0.2) is 0 Å². The summed E-state index contributed by atoms with van der Waals surface area (Å²) in [6, 6.07) is 12.7. The highest BCUT2D eigenvalue weighted by Gasteiger charge is 2.43. The summed E-state index contributed by atoms with van der Waals surface area (Å²) in [5.41, 5.74) is 2.39. The largest absolute Gasteiger partial charge is 0.339 e. The van der Waals surface area contributed by atoms with Crippen molar-refractivity contribution in [2.75, 3.05) is 13.1 Å². The molecule has 2 N–H and O–H groups in total. The Balaban J connectivity index is 1.25. The Morgan fingerprint density at radius 1 is 1.12 bits per heavy atom. The first-order chi connectivity index (χ1) is 15.3. The molecule has 32 heavy (non-hydrogen) atoms. The molecule has 2 aliphatic rings. The summed E-state index contributed by atoms with van der Waals surface area (Å²) in [5.74, 6) is -0.0304. The van der Waals surface area contributed by atoms with Crippen LogP contribution in [0.2, 0.25) is 0 Å². The Bertz CT molecular complexity index is 1230. The van der Waals surface area contributed by atoms with Crippen LogP contribution in [0.25, 0.3) is 10.2 Å². The number of piperidine rings is 1. The number of nitrogens with one attached hydrogen (secondary N) is 2. The van der Waals surface area contributed by atoms with Crippen molar-refractivity contribution in [1.29, 1.82) is 0 Å². The number of hydrogen-bond donors (Lipinski definition) is 2. The van der Waals surface area contributed by atoms with Crippen LogP contribution in [0, 0.1) is 6.92 Å². The maximum atomic E-state index is 13.0. The highest BCUT2D eigenvalue weighted by atomic mass is 32.1. The standard InChI is InChI=1S/C24H24N4O3S/c1-14-3-8-18-19(13-14)32-20(25-18)15-9-11-28(12-10-15)21(29)16-4-6-17(7-5-16)24(2)22(30)26-23(31)27-24/h3-8,13,15H,9-12H2,1-2H3,(H2,26,27,30,31)/t24-/m1/s1. The molecule has 0 aliphatic carbocycles. The van der Waals surface area contributed by atoms with Crippen LogP contribution < -0.4 is 10.6 Å². The highest BCUT2D eigenvalue weighted by molar-refractivity contribution is 7.18. The van der Waals surface area contributed by atoms with Gasteiger partial charge in [-0.15, -0.1) is 11.3 Å². The molecule has 2 saturated heterocycles. The Labute approximate surface area is 189 Å². The van der Waals surface area contributed by atoms with E-state index in [-0.39, 0.29) is 5.91 Å². The molecule has 1 aromatic heterocycles. The fourth-order valence-electron chi connectivity index (χ4n) is 4.43. The molecule has 5 rings (SSSR count). The van der Waals surface area contributed by atoms with Gasteiger partial charge in [0.1, 0.15) is 5.54 Å². The lowest BCUT2D eigenvalue weighted by Gasteiger charge is -2.31. The molecular formula is C24H24N4O3S.